The number of hydrogen-bond acceptors (Lipinski definition) is 6. The molecule has 2 heterocycles. The van der Waals surface area contributed by atoms with Gasteiger partial charge < -0.3 is 10.1 Å². The summed E-state index contributed by atoms with van der Waals surface area (Å²) in [7, 11) is 1.60. The van der Waals surface area contributed by atoms with Crippen molar-refractivity contribution in [2.24, 2.45) is 7.05 Å². The number of hydrogen-bond donors (Lipinski definition) is 1. The van der Waals surface area contributed by atoms with E-state index < -0.39 is 0 Å². The molecule has 0 bridgehead atoms. The monoisotopic (exact) mass is 432 g/mol. The van der Waals surface area contributed by atoms with Crippen LogP contribution in [0.15, 0.2) is 29.1 Å². The number of thiazole rings is 1. The van der Waals surface area contributed by atoms with E-state index >= 15 is 0 Å². The van der Waals surface area contributed by atoms with Crippen LogP contribution in [0.4, 0.5) is 0 Å². The number of benzene rings is 1. The first kappa shape index (κ1) is 21.0. The van der Waals surface area contributed by atoms with E-state index in [0.29, 0.717) is 45.1 Å². The van der Waals surface area contributed by atoms with E-state index in [2.05, 4.69) is 15.4 Å². The summed E-state index contributed by atoms with van der Waals surface area (Å²) in [5.74, 6) is 0.392. The second kappa shape index (κ2) is 8.75. The van der Waals surface area contributed by atoms with Gasteiger partial charge in [0, 0.05) is 12.1 Å². The highest BCUT2D eigenvalue weighted by Gasteiger charge is 2.20. The van der Waals surface area contributed by atoms with E-state index in [1.807, 2.05) is 13.8 Å². The number of ether oxygens (including phenoxy) is 1. The Morgan fingerprint density at radius 3 is 2.76 bits per heavy atom. The molecule has 1 aromatic carbocycles. The van der Waals surface area contributed by atoms with Crippen LogP contribution in [0, 0.1) is 20.8 Å². The summed E-state index contributed by atoms with van der Waals surface area (Å²) >= 11 is 7.12. The van der Waals surface area contributed by atoms with Crippen molar-refractivity contribution in [1.82, 2.24) is 20.1 Å². The van der Waals surface area contributed by atoms with Crippen molar-refractivity contribution in [1.29, 1.82) is 0 Å². The van der Waals surface area contributed by atoms with Crippen LogP contribution in [0.2, 0.25) is 5.02 Å². The van der Waals surface area contributed by atoms with Crippen LogP contribution in [0.25, 0.3) is 10.6 Å². The van der Waals surface area contributed by atoms with Gasteiger partial charge in [-0.1, -0.05) is 17.7 Å². The van der Waals surface area contributed by atoms with Crippen molar-refractivity contribution >= 4 is 28.8 Å². The second-order valence-electron chi connectivity index (χ2n) is 6.51. The topological polar surface area (TPSA) is 86.1 Å². The summed E-state index contributed by atoms with van der Waals surface area (Å²) in [5, 5.41) is 8.11. The highest BCUT2D eigenvalue weighted by atomic mass is 35.5. The molecule has 0 radical (unpaired) electrons. The molecular weight excluding hydrogens is 412 g/mol. The number of amides is 1. The number of aromatic nitrogens is 3. The number of nitrogens with one attached hydrogen (secondary N) is 1. The quantitative estimate of drug-likeness (QED) is 0.604. The summed E-state index contributed by atoms with van der Waals surface area (Å²) < 4.78 is 6.87. The lowest BCUT2D eigenvalue weighted by Crippen LogP contribution is -2.27. The fourth-order valence-electron chi connectivity index (χ4n) is 2.78. The van der Waals surface area contributed by atoms with E-state index in [1.54, 1.807) is 38.2 Å². The molecular formula is C20H21ClN4O3S. The lowest BCUT2D eigenvalue weighted by atomic mass is 10.1. The van der Waals surface area contributed by atoms with E-state index in [0.717, 1.165) is 11.3 Å². The van der Waals surface area contributed by atoms with Gasteiger partial charge in [-0.3, -0.25) is 9.59 Å². The van der Waals surface area contributed by atoms with E-state index in [-0.39, 0.29) is 11.5 Å². The van der Waals surface area contributed by atoms with Crippen molar-refractivity contribution in [3.8, 4) is 16.3 Å². The molecule has 0 atom stereocenters. The Morgan fingerprint density at radius 2 is 2.03 bits per heavy atom. The molecule has 152 valence electrons. The molecule has 7 nitrogen and oxygen atoms in total. The van der Waals surface area contributed by atoms with Gasteiger partial charge in [0.05, 0.1) is 23.5 Å². The highest BCUT2D eigenvalue weighted by Crippen LogP contribution is 2.28. The first-order valence-electron chi connectivity index (χ1n) is 8.96. The summed E-state index contributed by atoms with van der Waals surface area (Å²) in [5.41, 5.74) is 2.34. The smallest absolute Gasteiger partial charge is 0.277 e. The standard InChI is InChI=1S/C20H21ClN4O3S/c1-11-12(2)24-25(4)20(27)16(11)19-23-13(3)17(29-19)18(26)22-8-9-28-15-7-5-6-14(21)10-15/h5-7,10H,8-9H2,1-4H3,(H,22,26). The van der Waals surface area contributed by atoms with Crippen molar-refractivity contribution in [2.75, 3.05) is 13.2 Å². The molecule has 1 amide bonds. The Balaban J connectivity index is 1.70. The molecule has 0 saturated carbocycles. The summed E-state index contributed by atoms with van der Waals surface area (Å²) in [6, 6.07) is 7.07. The van der Waals surface area contributed by atoms with Crippen LogP contribution in [-0.2, 0) is 7.05 Å². The van der Waals surface area contributed by atoms with Gasteiger partial charge in [0.1, 0.15) is 22.2 Å². The lowest BCUT2D eigenvalue weighted by molar-refractivity contribution is 0.0950. The summed E-state index contributed by atoms with van der Waals surface area (Å²) in [4.78, 5) is 30.0. The van der Waals surface area contributed by atoms with Gasteiger partial charge in [-0.05, 0) is 44.5 Å². The van der Waals surface area contributed by atoms with E-state index in [4.69, 9.17) is 16.3 Å². The van der Waals surface area contributed by atoms with Crippen molar-refractivity contribution in [3.63, 3.8) is 0 Å². The zero-order chi connectivity index (χ0) is 21.1. The number of carbonyl (C=O) groups excluding carboxylic acids is 1. The third-order valence-corrected chi connectivity index (χ3v) is 5.80. The summed E-state index contributed by atoms with van der Waals surface area (Å²) in [6.07, 6.45) is 0. The lowest BCUT2D eigenvalue weighted by Gasteiger charge is -2.07. The second-order valence-corrected chi connectivity index (χ2v) is 7.94. The van der Waals surface area contributed by atoms with Gasteiger partial charge in [-0.15, -0.1) is 11.3 Å². The minimum absolute atomic E-state index is 0.233. The zero-order valence-corrected chi connectivity index (χ0v) is 18.1. The average molecular weight is 433 g/mol. The maximum Gasteiger partial charge on any atom is 0.277 e. The van der Waals surface area contributed by atoms with Crippen LogP contribution in [0.5, 0.6) is 5.75 Å². The number of nitrogens with zero attached hydrogens (tertiary/aromatic N) is 3. The molecule has 0 spiro atoms. The van der Waals surface area contributed by atoms with Gasteiger partial charge in [0.25, 0.3) is 11.5 Å². The number of rotatable bonds is 6. The zero-order valence-electron chi connectivity index (χ0n) is 16.6. The third kappa shape index (κ3) is 4.65. The molecule has 1 N–H and O–H groups in total. The van der Waals surface area contributed by atoms with E-state index in [9.17, 15) is 9.59 Å². The molecule has 0 fully saturated rings. The number of aryl methyl sites for hydroxylation is 3. The first-order chi connectivity index (χ1) is 13.8. The van der Waals surface area contributed by atoms with Crippen LogP contribution in [0.1, 0.15) is 26.6 Å². The molecule has 0 aliphatic carbocycles. The molecule has 29 heavy (non-hydrogen) atoms. The Kier molecular flexibility index (Phi) is 6.34. The Hall–Kier alpha value is -2.71. The minimum atomic E-state index is -0.249. The Labute approximate surface area is 177 Å². The van der Waals surface area contributed by atoms with Gasteiger partial charge in [0.15, 0.2) is 0 Å². The predicted octanol–water partition coefficient (Wildman–Crippen LogP) is 3.29. The van der Waals surface area contributed by atoms with Crippen LogP contribution in [0.3, 0.4) is 0 Å². The Bertz CT molecular complexity index is 1120. The first-order valence-corrected chi connectivity index (χ1v) is 10.2. The highest BCUT2D eigenvalue weighted by molar-refractivity contribution is 7.17. The molecule has 9 heteroatoms. The van der Waals surface area contributed by atoms with Gasteiger partial charge in [-0.2, -0.15) is 5.10 Å². The van der Waals surface area contributed by atoms with Gasteiger partial charge >= 0.3 is 0 Å². The minimum Gasteiger partial charge on any atom is -0.492 e. The molecule has 0 saturated heterocycles. The van der Waals surface area contributed by atoms with E-state index in [1.165, 1.54) is 16.0 Å². The van der Waals surface area contributed by atoms with Crippen LogP contribution in [-0.4, -0.2) is 33.8 Å². The SMILES string of the molecule is Cc1nc(-c2c(C)c(C)nn(C)c2=O)sc1C(=O)NCCOc1cccc(Cl)c1. The number of carbonyl (C=O) groups is 1. The molecule has 3 aromatic rings. The van der Waals surface area contributed by atoms with Gasteiger partial charge in [0.2, 0.25) is 0 Å². The van der Waals surface area contributed by atoms with Crippen LogP contribution < -0.4 is 15.6 Å². The fraction of sp³-hybridized carbons (Fsp3) is 0.300. The van der Waals surface area contributed by atoms with Crippen molar-refractivity contribution < 1.29 is 9.53 Å². The number of halogens is 1. The molecule has 0 aliphatic heterocycles. The normalized spacial score (nSPS) is 10.8. The largest absolute Gasteiger partial charge is 0.492 e. The average Bonchev–Trinajstić information content (AvgIpc) is 3.05. The molecule has 2 aromatic heterocycles. The van der Waals surface area contributed by atoms with Crippen molar-refractivity contribution in [3.05, 3.63) is 61.5 Å². The predicted molar refractivity (Wildman–Crippen MR) is 114 cm³/mol. The third-order valence-electron chi connectivity index (χ3n) is 4.39. The summed E-state index contributed by atoms with van der Waals surface area (Å²) in [6.45, 7) is 6.06. The maximum absolute atomic E-state index is 12.6. The fourth-order valence-corrected chi connectivity index (χ4v) is 4.04. The van der Waals surface area contributed by atoms with Crippen molar-refractivity contribution in [2.45, 2.75) is 20.8 Å². The van der Waals surface area contributed by atoms with Crippen LogP contribution >= 0.6 is 22.9 Å². The molecule has 0 unspecified atom stereocenters. The molecule has 0 aliphatic rings. The maximum atomic E-state index is 12.6. The molecule has 3 rings (SSSR count). The Morgan fingerprint density at radius 1 is 1.28 bits per heavy atom. The van der Waals surface area contributed by atoms with Gasteiger partial charge in [-0.25, -0.2) is 9.67 Å².